The number of sulfonamides is 1. The summed E-state index contributed by atoms with van der Waals surface area (Å²) in [5.41, 5.74) is 4.54. The van der Waals surface area contributed by atoms with E-state index in [0.29, 0.717) is 73.4 Å². The standard InChI is InChI=1S/C31H37N7O4S/c1-4-26(43(40,41)37-15-17-42-18-16-37)12-9-24(3)28-19-31(38(35-28)25-10-7-23(2)8-11-25)33-21-30(39)27-20-34-36-14-6-5-13-32-29(27)22-36/h6-14,19-20,33H,4-5,15-18,21-22H2,1-3H3/b14-6-,24-9+,26-12+,32-13?. The number of carbonyl (C=O) groups excluding carboxylic acids is 1. The molecule has 0 amide bonds. The van der Waals surface area contributed by atoms with Gasteiger partial charge >= 0.3 is 0 Å². The van der Waals surface area contributed by atoms with E-state index in [1.807, 2.05) is 63.4 Å². The summed E-state index contributed by atoms with van der Waals surface area (Å²) in [6.45, 7) is 7.69. The zero-order chi connectivity index (χ0) is 30.4. The number of carbonyl (C=O) groups is 1. The molecule has 2 aromatic rings. The Morgan fingerprint density at radius 1 is 1.14 bits per heavy atom. The average molecular weight is 604 g/mol. The summed E-state index contributed by atoms with van der Waals surface area (Å²) in [6, 6.07) is 9.79. The van der Waals surface area contributed by atoms with E-state index >= 15 is 0 Å². The van der Waals surface area contributed by atoms with E-state index in [1.54, 1.807) is 34.3 Å². The minimum atomic E-state index is -3.58. The molecule has 4 heterocycles. The minimum absolute atomic E-state index is 0.0215. The van der Waals surface area contributed by atoms with Gasteiger partial charge in [-0.2, -0.15) is 14.5 Å². The third-order valence-electron chi connectivity index (χ3n) is 7.36. The van der Waals surface area contributed by atoms with Gasteiger partial charge in [-0.15, -0.1) is 0 Å². The van der Waals surface area contributed by atoms with E-state index < -0.39 is 10.0 Å². The highest BCUT2D eigenvalue weighted by molar-refractivity contribution is 7.93. The Labute approximate surface area is 252 Å². The molecule has 1 aromatic carbocycles. The van der Waals surface area contributed by atoms with Crippen molar-refractivity contribution >= 4 is 39.6 Å². The van der Waals surface area contributed by atoms with Crippen LogP contribution >= 0.6 is 0 Å². The van der Waals surface area contributed by atoms with Crippen molar-refractivity contribution in [1.29, 1.82) is 0 Å². The highest BCUT2D eigenvalue weighted by Crippen LogP contribution is 2.25. The molecular weight excluding hydrogens is 566 g/mol. The number of anilines is 1. The molecule has 0 aliphatic carbocycles. The molecule has 5 rings (SSSR count). The van der Waals surface area contributed by atoms with Gasteiger partial charge in [-0.05, 0) is 44.1 Å². The van der Waals surface area contributed by atoms with E-state index in [-0.39, 0.29) is 12.3 Å². The predicted octanol–water partition coefficient (Wildman–Crippen LogP) is 4.06. The summed E-state index contributed by atoms with van der Waals surface area (Å²) in [6.07, 6.45) is 11.7. The first kappa shape index (κ1) is 30.3. The van der Waals surface area contributed by atoms with Crippen molar-refractivity contribution in [2.45, 2.75) is 33.6 Å². The molecule has 0 radical (unpaired) electrons. The van der Waals surface area contributed by atoms with Crippen LogP contribution in [0.4, 0.5) is 5.82 Å². The fraction of sp³-hybridized carbons (Fsp3) is 0.355. The summed E-state index contributed by atoms with van der Waals surface area (Å²) in [4.78, 5) is 18.1. The number of aromatic nitrogens is 2. The molecule has 0 saturated carbocycles. The van der Waals surface area contributed by atoms with E-state index in [2.05, 4.69) is 15.4 Å². The highest BCUT2D eigenvalue weighted by Gasteiger charge is 2.27. The zero-order valence-corrected chi connectivity index (χ0v) is 25.5. The number of ether oxygens (including phenoxy) is 1. The number of ketones is 1. The molecule has 3 aliphatic heterocycles. The van der Waals surface area contributed by atoms with Gasteiger partial charge in [0.25, 0.3) is 0 Å². The van der Waals surface area contributed by atoms with Gasteiger partial charge < -0.3 is 10.1 Å². The molecule has 1 N–H and O–H groups in total. The normalized spacial score (nSPS) is 18.9. The number of benzene rings is 1. The fourth-order valence-electron chi connectivity index (χ4n) is 4.82. The number of allylic oxidation sites excluding steroid dienone is 5. The topological polar surface area (TPSA) is 121 Å². The van der Waals surface area contributed by atoms with Crippen LogP contribution in [-0.2, 0) is 19.6 Å². The Morgan fingerprint density at radius 3 is 2.65 bits per heavy atom. The lowest BCUT2D eigenvalue weighted by Crippen LogP contribution is -2.41. The first-order chi connectivity index (χ1) is 20.8. The largest absolute Gasteiger partial charge is 0.379 e. The maximum atomic E-state index is 13.3. The number of aliphatic imine (C=N–C) groups is 1. The number of hydrogen-bond donors (Lipinski definition) is 1. The van der Waals surface area contributed by atoms with Crippen LogP contribution in [0, 0.1) is 6.92 Å². The van der Waals surface area contributed by atoms with Crippen LogP contribution in [0.25, 0.3) is 11.3 Å². The van der Waals surface area contributed by atoms with Gasteiger partial charge in [-0.1, -0.05) is 36.8 Å². The highest BCUT2D eigenvalue weighted by atomic mass is 32.2. The monoisotopic (exact) mass is 603 g/mol. The molecule has 1 fully saturated rings. The lowest BCUT2D eigenvalue weighted by atomic mass is 10.1. The van der Waals surface area contributed by atoms with E-state index in [1.165, 1.54) is 4.31 Å². The van der Waals surface area contributed by atoms with Gasteiger partial charge in [0.15, 0.2) is 5.78 Å². The zero-order valence-electron chi connectivity index (χ0n) is 24.7. The Morgan fingerprint density at radius 2 is 1.91 bits per heavy atom. The molecule has 0 spiro atoms. The molecule has 1 aromatic heterocycles. The van der Waals surface area contributed by atoms with Gasteiger partial charge in [-0.3, -0.25) is 14.8 Å². The van der Waals surface area contributed by atoms with Gasteiger partial charge in [-0.25, -0.2) is 13.1 Å². The third kappa shape index (κ3) is 7.10. The number of hydrogen-bond acceptors (Lipinski definition) is 9. The second-order valence-corrected chi connectivity index (χ2v) is 12.4. The summed E-state index contributed by atoms with van der Waals surface area (Å²) in [7, 11) is -3.58. The average Bonchev–Trinajstić information content (AvgIpc) is 3.44. The van der Waals surface area contributed by atoms with Crippen LogP contribution in [0.1, 0.15) is 37.9 Å². The van der Waals surface area contributed by atoms with E-state index in [0.717, 1.165) is 16.8 Å². The Kier molecular flexibility index (Phi) is 9.49. The molecular formula is C31H37N7O4S. The molecule has 43 heavy (non-hydrogen) atoms. The summed E-state index contributed by atoms with van der Waals surface area (Å²) >= 11 is 0. The second-order valence-electron chi connectivity index (χ2n) is 10.4. The quantitative estimate of drug-likeness (QED) is 0.407. The molecule has 2 bridgehead atoms. The minimum Gasteiger partial charge on any atom is -0.379 e. The van der Waals surface area contributed by atoms with Crippen LogP contribution < -0.4 is 5.32 Å². The van der Waals surface area contributed by atoms with Crippen molar-refractivity contribution in [1.82, 2.24) is 19.1 Å². The van der Waals surface area contributed by atoms with Gasteiger partial charge in [0, 0.05) is 38.0 Å². The Balaban J connectivity index is 1.41. The second kappa shape index (κ2) is 13.4. The van der Waals surface area contributed by atoms with Crippen molar-refractivity contribution in [3.8, 4) is 5.69 Å². The maximum absolute atomic E-state index is 13.3. The smallest absolute Gasteiger partial charge is 0.239 e. The Bertz CT molecular complexity index is 1640. The maximum Gasteiger partial charge on any atom is 0.239 e. The summed E-state index contributed by atoms with van der Waals surface area (Å²) in [5.74, 6) is 0.499. The SMILES string of the molecule is CC/C(=C\C=C(/C)c1cc(NCC(=O)C2=C3CN(/C=C\CC=N3)N=C2)n(-c2ccc(C)cc2)n1)S(=O)(=O)N1CCOCC1. The van der Waals surface area contributed by atoms with Crippen molar-refractivity contribution in [3.63, 3.8) is 0 Å². The number of morpholine rings is 1. The van der Waals surface area contributed by atoms with Crippen molar-refractivity contribution in [3.05, 3.63) is 82.2 Å². The molecule has 3 aliphatic rings. The molecule has 12 heteroatoms. The summed E-state index contributed by atoms with van der Waals surface area (Å²) in [5, 5.41) is 14.2. The molecule has 11 nitrogen and oxygen atoms in total. The van der Waals surface area contributed by atoms with Crippen LogP contribution in [0.3, 0.4) is 0 Å². The van der Waals surface area contributed by atoms with Crippen LogP contribution in [0.15, 0.2) is 81.0 Å². The Hall–Kier alpha value is -4.13. The fourth-order valence-corrected chi connectivity index (χ4v) is 6.38. The van der Waals surface area contributed by atoms with Gasteiger partial charge in [0.2, 0.25) is 10.0 Å². The van der Waals surface area contributed by atoms with E-state index in [9.17, 15) is 13.2 Å². The van der Waals surface area contributed by atoms with Gasteiger partial charge in [0.05, 0.1) is 60.1 Å². The number of hydrazone groups is 1. The number of rotatable bonds is 10. The summed E-state index contributed by atoms with van der Waals surface area (Å²) < 4.78 is 35.0. The first-order valence-electron chi connectivity index (χ1n) is 14.4. The first-order valence-corrected chi connectivity index (χ1v) is 15.8. The molecule has 0 atom stereocenters. The lowest BCUT2D eigenvalue weighted by molar-refractivity contribution is -0.113. The van der Waals surface area contributed by atoms with E-state index in [4.69, 9.17) is 9.84 Å². The van der Waals surface area contributed by atoms with Crippen LogP contribution in [0.2, 0.25) is 0 Å². The number of nitrogens with zero attached hydrogens (tertiary/aromatic N) is 6. The predicted molar refractivity (Wildman–Crippen MR) is 170 cm³/mol. The number of aryl methyl sites for hydroxylation is 1. The van der Waals surface area contributed by atoms with Gasteiger partial charge in [0.1, 0.15) is 5.82 Å². The molecule has 1 saturated heterocycles. The third-order valence-corrected chi connectivity index (χ3v) is 9.49. The molecule has 226 valence electrons. The van der Waals surface area contributed by atoms with Crippen LogP contribution in [-0.4, -0.2) is 85.1 Å². The number of fused-ring (bicyclic) bond motifs is 2. The van der Waals surface area contributed by atoms with Crippen LogP contribution in [0.5, 0.6) is 0 Å². The lowest BCUT2D eigenvalue weighted by Gasteiger charge is -2.26. The van der Waals surface area contributed by atoms with Crippen molar-refractivity contribution in [2.75, 3.05) is 44.7 Å². The van der Waals surface area contributed by atoms with Crippen molar-refractivity contribution < 1.29 is 17.9 Å². The number of Topliss-reactive ketones (excluding diaryl/α,β-unsaturated/α-hetero) is 1. The molecule has 0 unspecified atom stereocenters. The number of nitrogens with one attached hydrogen (secondary N) is 1. The van der Waals surface area contributed by atoms with Crippen molar-refractivity contribution in [2.24, 2.45) is 10.1 Å².